The molecule has 126 valence electrons. The van der Waals surface area contributed by atoms with Crippen LogP contribution >= 0.6 is 0 Å². The van der Waals surface area contributed by atoms with Crippen LogP contribution in [0, 0.1) is 5.41 Å². The maximum absolute atomic E-state index is 12.5. The standard InChI is InChI=1S/C17H24N2O4/c1-3-22-13-9-17(10-13)6-7-19(11-17)16(21)12(2)18-15(20)14-5-4-8-23-14/h4-5,8,12-13H,3,6-7,9-11H2,1-2H3,(H,18,20). The Labute approximate surface area is 136 Å². The summed E-state index contributed by atoms with van der Waals surface area (Å²) >= 11 is 0. The van der Waals surface area contributed by atoms with E-state index in [2.05, 4.69) is 5.32 Å². The van der Waals surface area contributed by atoms with Crippen molar-refractivity contribution in [3.8, 4) is 0 Å². The molecule has 1 aromatic heterocycles. The van der Waals surface area contributed by atoms with Gasteiger partial charge in [-0.05, 0) is 50.7 Å². The molecule has 1 unspecified atom stereocenters. The second kappa shape index (κ2) is 6.35. The predicted octanol–water partition coefficient (Wildman–Crippen LogP) is 1.82. The molecule has 2 fully saturated rings. The molecule has 3 rings (SSSR count). The smallest absolute Gasteiger partial charge is 0.287 e. The molecule has 1 atom stereocenters. The largest absolute Gasteiger partial charge is 0.459 e. The molecule has 1 saturated heterocycles. The number of carbonyl (C=O) groups excluding carboxylic acids is 2. The molecule has 6 nitrogen and oxygen atoms in total. The van der Waals surface area contributed by atoms with Crippen LogP contribution in [0.15, 0.2) is 22.8 Å². The lowest BCUT2D eigenvalue weighted by Crippen LogP contribution is -2.49. The van der Waals surface area contributed by atoms with Gasteiger partial charge in [0.1, 0.15) is 6.04 Å². The zero-order valence-electron chi connectivity index (χ0n) is 13.7. The molecular formula is C17H24N2O4. The molecule has 1 aliphatic carbocycles. The molecule has 2 amide bonds. The predicted molar refractivity (Wildman–Crippen MR) is 83.9 cm³/mol. The maximum Gasteiger partial charge on any atom is 0.287 e. The monoisotopic (exact) mass is 320 g/mol. The van der Waals surface area contributed by atoms with Crippen LogP contribution < -0.4 is 5.32 Å². The maximum atomic E-state index is 12.5. The van der Waals surface area contributed by atoms with Crippen LogP contribution in [0.3, 0.4) is 0 Å². The number of hydrogen-bond donors (Lipinski definition) is 1. The highest BCUT2D eigenvalue weighted by molar-refractivity contribution is 5.95. The minimum atomic E-state index is -0.550. The van der Waals surface area contributed by atoms with Gasteiger partial charge < -0.3 is 19.4 Å². The van der Waals surface area contributed by atoms with E-state index in [9.17, 15) is 9.59 Å². The van der Waals surface area contributed by atoms with Crippen LogP contribution in [0.5, 0.6) is 0 Å². The van der Waals surface area contributed by atoms with E-state index >= 15 is 0 Å². The molecule has 1 aromatic rings. The van der Waals surface area contributed by atoms with Crippen molar-refractivity contribution in [2.75, 3.05) is 19.7 Å². The number of hydrogen-bond acceptors (Lipinski definition) is 4. The highest BCUT2D eigenvalue weighted by Crippen LogP contribution is 2.49. The molecule has 23 heavy (non-hydrogen) atoms. The number of nitrogens with one attached hydrogen (secondary N) is 1. The average Bonchev–Trinajstić information content (AvgIpc) is 3.15. The molecule has 0 aromatic carbocycles. The van der Waals surface area contributed by atoms with Gasteiger partial charge in [-0.3, -0.25) is 9.59 Å². The first kappa shape index (κ1) is 16.1. The summed E-state index contributed by atoms with van der Waals surface area (Å²) in [6.07, 6.45) is 4.90. The lowest BCUT2D eigenvalue weighted by Gasteiger charge is -2.44. The third-order valence-electron chi connectivity index (χ3n) is 4.94. The van der Waals surface area contributed by atoms with Crippen LogP contribution in [0.2, 0.25) is 0 Å². The average molecular weight is 320 g/mol. The Morgan fingerprint density at radius 2 is 2.30 bits per heavy atom. The van der Waals surface area contributed by atoms with E-state index in [1.807, 2.05) is 11.8 Å². The van der Waals surface area contributed by atoms with Crippen molar-refractivity contribution in [2.24, 2.45) is 5.41 Å². The highest BCUT2D eigenvalue weighted by Gasteiger charge is 2.50. The van der Waals surface area contributed by atoms with Crippen molar-refractivity contribution in [3.63, 3.8) is 0 Å². The first-order chi connectivity index (χ1) is 11.0. The summed E-state index contributed by atoms with van der Waals surface area (Å²) in [5, 5.41) is 2.70. The summed E-state index contributed by atoms with van der Waals surface area (Å²) < 4.78 is 10.7. The van der Waals surface area contributed by atoms with Gasteiger partial charge in [-0.15, -0.1) is 0 Å². The van der Waals surface area contributed by atoms with Gasteiger partial charge in [-0.2, -0.15) is 0 Å². The highest BCUT2D eigenvalue weighted by atomic mass is 16.5. The molecule has 0 bridgehead atoms. The molecule has 1 saturated carbocycles. The van der Waals surface area contributed by atoms with Gasteiger partial charge in [-0.1, -0.05) is 0 Å². The molecule has 2 heterocycles. The Morgan fingerprint density at radius 3 is 2.96 bits per heavy atom. The minimum absolute atomic E-state index is 0.0263. The number of nitrogens with zero attached hydrogens (tertiary/aromatic N) is 1. The van der Waals surface area contributed by atoms with Crippen LogP contribution in [0.4, 0.5) is 0 Å². The molecule has 0 radical (unpaired) electrons. The molecule has 1 aliphatic heterocycles. The van der Waals surface area contributed by atoms with Gasteiger partial charge in [-0.25, -0.2) is 0 Å². The number of furan rings is 1. The van der Waals surface area contributed by atoms with Crippen molar-refractivity contribution >= 4 is 11.8 Å². The quantitative estimate of drug-likeness (QED) is 0.898. The van der Waals surface area contributed by atoms with Gasteiger partial charge in [0.2, 0.25) is 5.91 Å². The summed E-state index contributed by atoms with van der Waals surface area (Å²) in [4.78, 5) is 26.4. The van der Waals surface area contributed by atoms with Crippen LogP contribution in [-0.4, -0.2) is 48.6 Å². The summed E-state index contributed by atoms with van der Waals surface area (Å²) in [7, 11) is 0. The Balaban J connectivity index is 1.50. The molecular weight excluding hydrogens is 296 g/mol. The van der Waals surface area contributed by atoms with E-state index in [0.717, 1.165) is 39.0 Å². The van der Waals surface area contributed by atoms with E-state index in [-0.39, 0.29) is 23.0 Å². The summed E-state index contributed by atoms with van der Waals surface area (Å²) in [6, 6.07) is 2.68. The second-order valence-electron chi connectivity index (χ2n) is 6.67. The van der Waals surface area contributed by atoms with Crippen molar-refractivity contribution in [1.29, 1.82) is 0 Å². The van der Waals surface area contributed by atoms with Crippen molar-refractivity contribution in [1.82, 2.24) is 10.2 Å². The lowest BCUT2D eigenvalue weighted by molar-refractivity contribution is -0.133. The Kier molecular flexibility index (Phi) is 4.43. The summed E-state index contributed by atoms with van der Waals surface area (Å²) in [6.45, 7) is 6.02. The summed E-state index contributed by atoms with van der Waals surface area (Å²) in [5.74, 6) is -0.160. The SMILES string of the molecule is CCOC1CC2(CCN(C(=O)C(C)NC(=O)c3ccco3)C2)C1. The second-order valence-corrected chi connectivity index (χ2v) is 6.67. The minimum Gasteiger partial charge on any atom is -0.459 e. The Hall–Kier alpha value is -1.82. The number of carbonyl (C=O) groups is 2. The van der Waals surface area contributed by atoms with E-state index in [4.69, 9.17) is 9.15 Å². The topological polar surface area (TPSA) is 71.8 Å². The fourth-order valence-electron chi connectivity index (χ4n) is 3.73. The van der Waals surface area contributed by atoms with E-state index in [1.165, 1.54) is 6.26 Å². The van der Waals surface area contributed by atoms with E-state index in [1.54, 1.807) is 19.1 Å². The van der Waals surface area contributed by atoms with Gasteiger partial charge >= 0.3 is 0 Å². The van der Waals surface area contributed by atoms with Gasteiger partial charge in [0.05, 0.1) is 12.4 Å². The molecule has 1 spiro atoms. The number of amides is 2. The number of rotatable bonds is 5. The van der Waals surface area contributed by atoms with Gasteiger partial charge in [0, 0.05) is 19.7 Å². The molecule has 2 aliphatic rings. The van der Waals surface area contributed by atoms with E-state index in [0.29, 0.717) is 6.10 Å². The van der Waals surface area contributed by atoms with Crippen LogP contribution in [0.1, 0.15) is 43.7 Å². The number of likely N-dealkylation sites (tertiary alicyclic amines) is 1. The van der Waals surface area contributed by atoms with E-state index < -0.39 is 6.04 Å². The first-order valence-electron chi connectivity index (χ1n) is 8.28. The Bertz CT molecular complexity index is 563. The van der Waals surface area contributed by atoms with Crippen molar-refractivity contribution in [2.45, 2.75) is 45.3 Å². The fourth-order valence-corrected chi connectivity index (χ4v) is 3.73. The molecule has 1 N–H and O–H groups in total. The van der Waals surface area contributed by atoms with Crippen molar-refractivity contribution in [3.05, 3.63) is 24.2 Å². The fraction of sp³-hybridized carbons (Fsp3) is 0.647. The molecule has 6 heteroatoms. The van der Waals surface area contributed by atoms with Crippen LogP contribution in [-0.2, 0) is 9.53 Å². The third-order valence-corrected chi connectivity index (χ3v) is 4.94. The lowest BCUT2D eigenvalue weighted by atomic mass is 9.66. The Morgan fingerprint density at radius 1 is 1.52 bits per heavy atom. The third kappa shape index (κ3) is 3.27. The summed E-state index contributed by atoms with van der Waals surface area (Å²) in [5.41, 5.74) is 0.236. The zero-order chi connectivity index (χ0) is 16.4. The van der Waals surface area contributed by atoms with Gasteiger partial charge in [0.15, 0.2) is 5.76 Å². The van der Waals surface area contributed by atoms with Crippen molar-refractivity contribution < 1.29 is 18.7 Å². The normalized spacial score (nSPS) is 27.7. The van der Waals surface area contributed by atoms with Crippen LogP contribution in [0.25, 0.3) is 0 Å². The number of ether oxygens (including phenoxy) is 1. The van der Waals surface area contributed by atoms with Gasteiger partial charge in [0.25, 0.3) is 5.91 Å². The zero-order valence-corrected chi connectivity index (χ0v) is 13.7. The first-order valence-corrected chi connectivity index (χ1v) is 8.28.